The molecule has 1 heterocycles. The van der Waals surface area contributed by atoms with Gasteiger partial charge in [-0.15, -0.1) is 0 Å². The summed E-state index contributed by atoms with van der Waals surface area (Å²) in [4.78, 5) is 11.8. The number of thioether (sulfide) groups is 1. The van der Waals surface area contributed by atoms with Crippen LogP contribution in [0.15, 0.2) is 24.3 Å². The van der Waals surface area contributed by atoms with Gasteiger partial charge in [-0.05, 0) is 57.6 Å². The molecule has 1 amide bonds. The Kier molecular flexibility index (Phi) is 5.39. The van der Waals surface area contributed by atoms with Crippen LogP contribution >= 0.6 is 11.8 Å². The summed E-state index contributed by atoms with van der Waals surface area (Å²) in [6.45, 7) is 5.56. The zero-order valence-electron chi connectivity index (χ0n) is 12.9. The van der Waals surface area contributed by atoms with Crippen molar-refractivity contribution in [2.45, 2.75) is 45.3 Å². The van der Waals surface area contributed by atoms with E-state index in [4.69, 9.17) is 4.74 Å². The van der Waals surface area contributed by atoms with Crippen LogP contribution < -0.4 is 10.6 Å². The maximum atomic E-state index is 11.8. The van der Waals surface area contributed by atoms with Gasteiger partial charge in [-0.1, -0.05) is 6.07 Å². The maximum Gasteiger partial charge on any atom is 0.412 e. The van der Waals surface area contributed by atoms with E-state index >= 15 is 0 Å². The van der Waals surface area contributed by atoms with Gasteiger partial charge in [0.1, 0.15) is 5.60 Å². The molecular weight excluding hydrogens is 284 g/mol. The normalized spacial score (nSPS) is 18.9. The van der Waals surface area contributed by atoms with E-state index in [0.717, 1.165) is 17.1 Å². The molecule has 5 heteroatoms. The third kappa shape index (κ3) is 5.87. The molecule has 1 saturated heterocycles. The number of benzene rings is 1. The van der Waals surface area contributed by atoms with Crippen LogP contribution in [0.3, 0.4) is 0 Å². The van der Waals surface area contributed by atoms with Gasteiger partial charge in [-0.25, -0.2) is 4.79 Å². The predicted molar refractivity (Wildman–Crippen MR) is 90.3 cm³/mol. The van der Waals surface area contributed by atoms with E-state index in [0.29, 0.717) is 6.04 Å². The Bertz CT molecular complexity index is 479. The molecule has 0 aromatic heterocycles. The first-order valence-corrected chi connectivity index (χ1v) is 8.52. The highest BCUT2D eigenvalue weighted by molar-refractivity contribution is 7.99. The number of hydrogen-bond donors (Lipinski definition) is 2. The predicted octanol–water partition coefficient (Wildman–Crippen LogP) is 4.34. The molecule has 1 fully saturated rings. The first kappa shape index (κ1) is 16.0. The van der Waals surface area contributed by atoms with E-state index in [1.165, 1.54) is 18.6 Å². The van der Waals surface area contributed by atoms with Crippen molar-refractivity contribution in [1.29, 1.82) is 0 Å². The van der Waals surface area contributed by atoms with Crippen LogP contribution in [0.2, 0.25) is 0 Å². The molecule has 2 rings (SSSR count). The molecule has 4 nitrogen and oxygen atoms in total. The summed E-state index contributed by atoms with van der Waals surface area (Å²) in [5.74, 6) is 2.40. The molecule has 0 bridgehead atoms. The Morgan fingerprint density at radius 3 is 2.76 bits per heavy atom. The standard InChI is InChI=1S/C16H24N2O2S/c1-16(2,3)20-15(19)18-13-7-4-6-12(10-13)17-14-8-5-9-21-11-14/h4,6-7,10,14,17H,5,8-9,11H2,1-3H3,(H,18,19). The van der Waals surface area contributed by atoms with Crippen molar-refractivity contribution in [3.8, 4) is 0 Å². The Hall–Kier alpha value is -1.36. The van der Waals surface area contributed by atoms with Crippen molar-refractivity contribution in [3.05, 3.63) is 24.3 Å². The van der Waals surface area contributed by atoms with Crippen molar-refractivity contribution >= 4 is 29.2 Å². The minimum atomic E-state index is -0.487. The van der Waals surface area contributed by atoms with Gasteiger partial charge >= 0.3 is 6.09 Å². The topological polar surface area (TPSA) is 50.4 Å². The summed E-state index contributed by atoms with van der Waals surface area (Å²) >= 11 is 1.99. The number of ether oxygens (including phenoxy) is 1. The summed E-state index contributed by atoms with van der Waals surface area (Å²) in [6, 6.07) is 8.29. The molecule has 2 N–H and O–H groups in total. The van der Waals surface area contributed by atoms with Gasteiger partial charge in [0, 0.05) is 23.2 Å². The number of nitrogens with one attached hydrogen (secondary N) is 2. The second-order valence-electron chi connectivity index (χ2n) is 6.27. The summed E-state index contributed by atoms with van der Waals surface area (Å²) in [6.07, 6.45) is 2.04. The van der Waals surface area contributed by atoms with Gasteiger partial charge in [0.15, 0.2) is 0 Å². The van der Waals surface area contributed by atoms with Crippen LogP contribution in [0.25, 0.3) is 0 Å². The van der Waals surface area contributed by atoms with Crippen molar-refractivity contribution in [2.75, 3.05) is 22.1 Å². The molecule has 1 aromatic carbocycles. The van der Waals surface area contributed by atoms with Gasteiger partial charge in [0.05, 0.1) is 0 Å². The van der Waals surface area contributed by atoms with Gasteiger partial charge in [0.25, 0.3) is 0 Å². The van der Waals surface area contributed by atoms with Crippen LogP contribution in [0.5, 0.6) is 0 Å². The molecule has 0 spiro atoms. The largest absolute Gasteiger partial charge is 0.444 e. The molecule has 21 heavy (non-hydrogen) atoms. The lowest BCUT2D eigenvalue weighted by Crippen LogP contribution is -2.27. The fourth-order valence-corrected chi connectivity index (χ4v) is 3.27. The smallest absolute Gasteiger partial charge is 0.412 e. The maximum absolute atomic E-state index is 11.8. The van der Waals surface area contributed by atoms with Crippen molar-refractivity contribution in [2.24, 2.45) is 0 Å². The van der Waals surface area contributed by atoms with Gasteiger partial charge in [0.2, 0.25) is 0 Å². The molecule has 116 valence electrons. The number of carbonyl (C=O) groups is 1. The SMILES string of the molecule is CC(C)(C)OC(=O)Nc1cccc(NC2CCCSC2)c1. The third-order valence-corrected chi connectivity index (χ3v) is 4.25. The summed E-state index contributed by atoms with van der Waals surface area (Å²) in [5, 5.41) is 6.30. The molecule has 0 saturated carbocycles. The van der Waals surface area contributed by atoms with E-state index in [1.807, 2.05) is 56.8 Å². The summed E-state index contributed by atoms with van der Waals surface area (Å²) < 4.78 is 5.26. The monoisotopic (exact) mass is 308 g/mol. The number of hydrogen-bond acceptors (Lipinski definition) is 4. The number of rotatable bonds is 3. The van der Waals surface area contributed by atoms with Crippen LogP contribution in [-0.4, -0.2) is 29.2 Å². The van der Waals surface area contributed by atoms with E-state index in [-0.39, 0.29) is 0 Å². The molecule has 1 unspecified atom stereocenters. The van der Waals surface area contributed by atoms with Crippen LogP contribution in [0.1, 0.15) is 33.6 Å². The minimum absolute atomic E-state index is 0.423. The number of anilines is 2. The van der Waals surface area contributed by atoms with Crippen LogP contribution in [0, 0.1) is 0 Å². The second-order valence-corrected chi connectivity index (χ2v) is 7.42. The lowest BCUT2D eigenvalue weighted by Gasteiger charge is -2.24. The highest BCUT2D eigenvalue weighted by Gasteiger charge is 2.17. The molecule has 1 aliphatic rings. The third-order valence-electron chi connectivity index (χ3n) is 3.04. The summed E-state index contributed by atoms with van der Waals surface area (Å²) in [7, 11) is 0. The highest BCUT2D eigenvalue weighted by atomic mass is 32.2. The van der Waals surface area contributed by atoms with Gasteiger partial charge in [-0.3, -0.25) is 5.32 Å². The lowest BCUT2D eigenvalue weighted by atomic mass is 10.1. The van der Waals surface area contributed by atoms with Crippen LogP contribution in [0.4, 0.5) is 16.2 Å². The zero-order valence-corrected chi connectivity index (χ0v) is 13.8. The zero-order chi connectivity index (χ0) is 15.3. The van der Waals surface area contributed by atoms with Gasteiger partial charge in [-0.2, -0.15) is 11.8 Å². The van der Waals surface area contributed by atoms with E-state index in [2.05, 4.69) is 10.6 Å². The second kappa shape index (κ2) is 7.07. The average Bonchev–Trinajstić information content (AvgIpc) is 2.38. The molecule has 0 radical (unpaired) electrons. The number of amides is 1. The summed E-state index contributed by atoms with van der Waals surface area (Å²) in [5.41, 5.74) is 1.30. The molecule has 1 atom stereocenters. The first-order valence-electron chi connectivity index (χ1n) is 7.37. The molecule has 1 aliphatic heterocycles. The number of carbonyl (C=O) groups excluding carboxylic acids is 1. The fourth-order valence-electron chi connectivity index (χ4n) is 2.20. The lowest BCUT2D eigenvalue weighted by molar-refractivity contribution is 0.0636. The first-order chi connectivity index (χ1) is 9.92. The molecule has 1 aromatic rings. The van der Waals surface area contributed by atoms with Crippen molar-refractivity contribution < 1.29 is 9.53 Å². The minimum Gasteiger partial charge on any atom is -0.444 e. The Morgan fingerprint density at radius 1 is 1.33 bits per heavy atom. The molecule has 0 aliphatic carbocycles. The van der Waals surface area contributed by atoms with Gasteiger partial charge < -0.3 is 10.1 Å². The Labute approximate surface area is 131 Å². The average molecular weight is 308 g/mol. The Morgan fingerprint density at radius 2 is 2.10 bits per heavy atom. The van der Waals surface area contributed by atoms with E-state index in [9.17, 15) is 4.79 Å². The van der Waals surface area contributed by atoms with Crippen molar-refractivity contribution in [1.82, 2.24) is 0 Å². The van der Waals surface area contributed by atoms with Crippen LogP contribution in [-0.2, 0) is 4.74 Å². The van der Waals surface area contributed by atoms with E-state index in [1.54, 1.807) is 0 Å². The highest BCUT2D eigenvalue weighted by Crippen LogP contribution is 2.23. The Balaban J connectivity index is 1.92. The van der Waals surface area contributed by atoms with Crippen molar-refractivity contribution in [3.63, 3.8) is 0 Å². The van der Waals surface area contributed by atoms with E-state index < -0.39 is 11.7 Å². The quantitative estimate of drug-likeness (QED) is 0.872. The fraction of sp³-hybridized carbons (Fsp3) is 0.562. The molecular formula is C16H24N2O2S.